The Morgan fingerprint density at radius 1 is 1.64 bits per heavy atom. The molecule has 68 valence electrons. The van der Waals surface area contributed by atoms with Gasteiger partial charge in [0, 0.05) is 13.8 Å². The average molecular weight is 182 g/mol. The summed E-state index contributed by atoms with van der Waals surface area (Å²) in [4.78, 5) is 0. The van der Waals surface area contributed by atoms with Gasteiger partial charge < -0.3 is 14.2 Å². The van der Waals surface area contributed by atoms with Gasteiger partial charge in [-0.1, -0.05) is 0 Å². The van der Waals surface area contributed by atoms with Crippen molar-refractivity contribution in [2.45, 2.75) is 19.4 Å². The maximum Gasteiger partial charge on any atom is 0.327 e. The second kappa shape index (κ2) is 4.88. The van der Waals surface area contributed by atoms with Crippen LogP contribution in [0.5, 0.6) is 0 Å². The Kier molecular flexibility index (Phi) is 4.93. The predicted molar refractivity (Wildman–Crippen MR) is 42.8 cm³/mol. The highest BCUT2D eigenvalue weighted by molar-refractivity contribution is 7.52. The van der Waals surface area contributed by atoms with Gasteiger partial charge in [-0.05, 0) is 13.3 Å². The summed E-state index contributed by atoms with van der Waals surface area (Å²) >= 11 is 0. The number of rotatable bonds is 5. The fraction of sp³-hybridized carbons (Fsp3) is 1.00. The van der Waals surface area contributed by atoms with Crippen molar-refractivity contribution in [3.8, 4) is 0 Å². The van der Waals surface area contributed by atoms with Crippen molar-refractivity contribution in [1.29, 1.82) is 0 Å². The molecule has 0 aromatic rings. The minimum Gasteiger partial charge on any atom is -0.393 e. The Balaban J connectivity index is 3.46. The average Bonchev–Trinajstić information content (AvgIpc) is 1.87. The van der Waals surface area contributed by atoms with Crippen LogP contribution in [0.25, 0.3) is 0 Å². The molecule has 0 radical (unpaired) electrons. The lowest BCUT2D eigenvalue weighted by Gasteiger charge is -2.11. The summed E-state index contributed by atoms with van der Waals surface area (Å²) in [6.07, 6.45) is 0.0492. The third kappa shape index (κ3) is 6.51. The molecule has 0 heterocycles. The van der Waals surface area contributed by atoms with Gasteiger partial charge in [0.15, 0.2) is 0 Å². The van der Waals surface area contributed by atoms with E-state index < -0.39 is 13.7 Å². The molecule has 2 unspecified atom stereocenters. The summed E-state index contributed by atoms with van der Waals surface area (Å²) in [5.74, 6) is 0. The van der Waals surface area contributed by atoms with Gasteiger partial charge in [-0.15, -0.1) is 0 Å². The molecule has 0 aromatic heterocycles. The third-order valence-corrected chi connectivity index (χ3v) is 2.51. The van der Waals surface area contributed by atoms with Crippen molar-refractivity contribution in [3.05, 3.63) is 0 Å². The van der Waals surface area contributed by atoms with E-state index in [1.54, 1.807) is 6.92 Å². The van der Waals surface area contributed by atoms with Crippen LogP contribution in [0, 0.1) is 0 Å². The molecule has 0 aliphatic rings. The summed E-state index contributed by atoms with van der Waals surface area (Å²) < 4.78 is 20.5. The second-order valence-electron chi connectivity index (χ2n) is 2.42. The molecule has 0 aliphatic heterocycles. The fourth-order valence-electron chi connectivity index (χ4n) is 0.442. The molecule has 5 heteroatoms. The Hall–Kier alpha value is 0.110. The molecule has 0 saturated heterocycles. The van der Waals surface area contributed by atoms with E-state index in [9.17, 15) is 4.57 Å². The number of aliphatic hydroxyl groups excluding tert-OH is 1. The Bertz CT molecular complexity index is 146. The molecule has 1 N–H and O–H groups in total. The van der Waals surface area contributed by atoms with Crippen molar-refractivity contribution in [1.82, 2.24) is 0 Å². The van der Waals surface area contributed by atoms with Crippen LogP contribution in [-0.4, -0.2) is 31.6 Å². The molecule has 0 aromatic carbocycles. The molecule has 0 fully saturated rings. The van der Waals surface area contributed by atoms with Crippen LogP contribution < -0.4 is 0 Å². The largest absolute Gasteiger partial charge is 0.393 e. The molecule has 2 atom stereocenters. The first-order valence-corrected chi connectivity index (χ1v) is 5.43. The first-order chi connectivity index (χ1) is 4.98. The van der Waals surface area contributed by atoms with Gasteiger partial charge >= 0.3 is 7.60 Å². The fourth-order valence-corrected chi connectivity index (χ4v) is 0.984. The Morgan fingerprint density at radius 3 is 2.55 bits per heavy atom. The van der Waals surface area contributed by atoms with E-state index in [-0.39, 0.29) is 6.61 Å². The summed E-state index contributed by atoms with van der Waals surface area (Å²) in [7, 11) is -1.50. The van der Waals surface area contributed by atoms with Crippen LogP contribution in [0.4, 0.5) is 0 Å². The molecular weight excluding hydrogens is 167 g/mol. The van der Waals surface area contributed by atoms with Crippen LogP contribution >= 0.6 is 7.60 Å². The lowest BCUT2D eigenvalue weighted by molar-refractivity contribution is 0.147. The van der Waals surface area contributed by atoms with Crippen molar-refractivity contribution in [3.63, 3.8) is 0 Å². The van der Waals surface area contributed by atoms with Gasteiger partial charge in [0.05, 0.1) is 12.7 Å². The van der Waals surface area contributed by atoms with Crippen LogP contribution in [0.1, 0.15) is 13.3 Å². The highest BCUT2D eigenvalue weighted by Crippen LogP contribution is 2.42. The van der Waals surface area contributed by atoms with E-state index in [1.165, 1.54) is 13.8 Å². The molecular formula is C6H15O4P. The van der Waals surface area contributed by atoms with E-state index in [1.807, 2.05) is 0 Å². The number of hydrogen-bond donors (Lipinski definition) is 1. The van der Waals surface area contributed by atoms with E-state index in [2.05, 4.69) is 4.52 Å². The first-order valence-electron chi connectivity index (χ1n) is 3.44. The summed E-state index contributed by atoms with van der Waals surface area (Å²) in [5, 5.41) is 8.81. The molecule has 0 rings (SSSR count). The molecule has 11 heavy (non-hydrogen) atoms. The normalized spacial score (nSPS) is 19.3. The minimum absolute atomic E-state index is 0.263. The highest BCUT2D eigenvalue weighted by atomic mass is 31.2. The molecule has 0 amide bonds. The molecule has 4 nitrogen and oxygen atoms in total. The van der Waals surface area contributed by atoms with Crippen LogP contribution in [-0.2, 0) is 13.6 Å². The summed E-state index contributed by atoms with van der Waals surface area (Å²) in [5.41, 5.74) is 0. The van der Waals surface area contributed by atoms with Crippen molar-refractivity contribution >= 4 is 7.60 Å². The van der Waals surface area contributed by atoms with Crippen molar-refractivity contribution < 1.29 is 18.7 Å². The van der Waals surface area contributed by atoms with Gasteiger partial charge in [0.1, 0.15) is 0 Å². The Labute approximate surface area is 67.0 Å². The van der Waals surface area contributed by atoms with Gasteiger partial charge in [-0.2, -0.15) is 0 Å². The lowest BCUT2D eigenvalue weighted by Crippen LogP contribution is -2.04. The standard InChI is InChI=1S/C6H15O4P/c1-6(7)4-5-10-11(3,8)9-2/h6-7H,4-5H2,1-3H3. The smallest absolute Gasteiger partial charge is 0.327 e. The SMILES string of the molecule is COP(C)(=O)OCCC(C)O. The van der Waals surface area contributed by atoms with Crippen LogP contribution in [0.2, 0.25) is 0 Å². The highest BCUT2D eigenvalue weighted by Gasteiger charge is 2.13. The molecule has 0 saturated carbocycles. The van der Waals surface area contributed by atoms with Crippen LogP contribution in [0.15, 0.2) is 0 Å². The summed E-state index contributed by atoms with van der Waals surface area (Å²) in [6, 6.07) is 0. The Morgan fingerprint density at radius 2 is 2.18 bits per heavy atom. The van der Waals surface area contributed by atoms with Crippen LogP contribution in [0.3, 0.4) is 0 Å². The van der Waals surface area contributed by atoms with Gasteiger partial charge in [-0.25, -0.2) is 0 Å². The third-order valence-electron chi connectivity index (χ3n) is 1.19. The van der Waals surface area contributed by atoms with E-state index in [0.717, 1.165) is 0 Å². The van der Waals surface area contributed by atoms with Crippen molar-refractivity contribution in [2.24, 2.45) is 0 Å². The van der Waals surface area contributed by atoms with E-state index in [4.69, 9.17) is 9.63 Å². The monoisotopic (exact) mass is 182 g/mol. The maximum absolute atomic E-state index is 11.0. The molecule has 0 aliphatic carbocycles. The predicted octanol–water partition coefficient (Wildman–Crippen LogP) is 1.24. The molecule has 0 bridgehead atoms. The van der Waals surface area contributed by atoms with Gasteiger partial charge in [0.2, 0.25) is 0 Å². The van der Waals surface area contributed by atoms with Gasteiger partial charge in [0.25, 0.3) is 0 Å². The maximum atomic E-state index is 11.0. The van der Waals surface area contributed by atoms with Gasteiger partial charge in [-0.3, -0.25) is 4.57 Å². The van der Waals surface area contributed by atoms with E-state index in [0.29, 0.717) is 6.42 Å². The second-order valence-corrected chi connectivity index (χ2v) is 4.59. The minimum atomic E-state index is -2.84. The summed E-state index contributed by atoms with van der Waals surface area (Å²) in [6.45, 7) is 3.31. The zero-order valence-electron chi connectivity index (χ0n) is 7.11. The topological polar surface area (TPSA) is 55.8 Å². The lowest BCUT2D eigenvalue weighted by atomic mass is 10.3. The zero-order chi connectivity index (χ0) is 8.91. The number of hydrogen-bond acceptors (Lipinski definition) is 4. The quantitative estimate of drug-likeness (QED) is 0.650. The van der Waals surface area contributed by atoms with Crippen molar-refractivity contribution in [2.75, 3.05) is 20.4 Å². The first kappa shape index (κ1) is 11.1. The number of aliphatic hydroxyl groups is 1. The van der Waals surface area contributed by atoms with E-state index >= 15 is 0 Å². The zero-order valence-corrected chi connectivity index (χ0v) is 8.01. The molecule has 0 spiro atoms.